The molecule has 9 nitrogen and oxygen atoms in total. The first-order valence-corrected chi connectivity index (χ1v) is 12.8. The molecule has 4 aromatic rings. The molecule has 0 unspecified atom stereocenters. The van der Waals surface area contributed by atoms with Gasteiger partial charge in [0.1, 0.15) is 30.4 Å². The van der Waals surface area contributed by atoms with E-state index >= 15 is 0 Å². The van der Waals surface area contributed by atoms with E-state index in [-0.39, 0.29) is 42.9 Å². The highest BCUT2D eigenvalue weighted by molar-refractivity contribution is 9.10. The van der Waals surface area contributed by atoms with Crippen LogP contribution >= 0.6 is 15.9 Å². The van der Waals surface area contributed by atoms with Crippen LogP contribution in [-0.2, 0) is 11.8 Å². The Labute approximate surface area is 227 Å². The zero-order chi connectivity index (χ0) is 26.6. The number of phenols is 1. The first-order chi connectivity index (χ1) is 18.4. The smallest absolute Gasteiger partial charge is 0.407 e. The third kappa shape index (κ3) is 5.21. The van der Waals surface area contributed by atoms with Gasteiger partial charge in [-0.15, -0.1) is 0 Å². The number of hydrogen-bond acceptors (Lipinski definition) is 7. The number of carbonyl (C=O) groups is 1. The molecule has 1 aromatic heterocycles. The Morgan fingerprint density at radius 3 is 2.45 bits per heavy atom. The SMILES string of the molecule is Cn1cc(Br)c(Nc2c(O)cccc2OCCNC(=O)OCC2c3ccccc3-c3ccccc32)nc1=O. The lowest BCUT2D eigenvalue weighted by molar-refractivity contribution is 0.141. The first-order valence-electron chi connectivity index (χ1n) is 12.0. The number of alkyl carbamates (subject to hydrolysis) is 1. The molecule has 3 aromatic carbocycles. The second-order valence-electron chi connectivity index (χ2n) is 8.71. The van der Waals surface area contributed by atoms with E-state index in [9.17, 15) is 14.7 Å². The highest BCUT2D eigenvalue weighted by Gasteiger charge is 2.29. The maximum atomic E-state index is 12.4. The number of phenolic OH excluding ortho intramolecular Hbond substituents is 1. The summed E-state index contributed by atoms with van der Waals surface area (Å²) in [5.41, 5.74) is 4.41. The second-order valence-corrected chi connectivity index (χ2v) is 9.56. The molecule has 0 aliphatic heterocycles. The highest BCUT2D eigenvalue weighted by atomic mass is 79.9. The van der Waals surface area contributed by atoms with Crippen LogP contribution in [0.15, 0.2) is 82.2 Å². The van der Waals surface area contributed by atoms with Crippen molar-refractivity contribution in [3.63, 3.8) is 0 Å². The van der Waals surface area contributed by atoms with Gasteiger partial charge in [0.25, 0.3) is 0 Å². The molecule has 0 bridgehead atoms. The van der Waals surface area contributed by atoms with Gasteiger partial charge in [-0.05, 0) is 50.3 Å². The van der Waals surface area contributed by atoms with Crippen molar-refractivity contribution in [3.8, 4) is 22.6 Å². The van der Waals surface area contributed by atoms with Crippen LogP contribution in [-0.4, -0.2) is 40.5 Å². The van der Waals surface area contributed by atoms with E-state index in [1.165, 1.54) is 21.8 Å². The van der Waals surface area contributed by atoms with E-state index in [1.807, 2.05) is 24.3 Å². The summed E-state index contributed by atoms with van der Waals surface area (Å²) >= 11 is 3.36. The number of benzene rings is 3. The summed E-state index contributed by atoms with van der Waals surface area (Å²) in [5.74, 6) is 0.458. The number of para-hydroxylation sites is 1. The quantitative estimate of drug-likeness (QED) is 0.202. The fraction of sp³-hybridized carbons (Fsp3) is 0.179. The predicted molar refractivity (Wildman–Crippen MR) is 147 cm³/mol. The monoisotopic (exact) mass is 576 g/mol. The van der Waals surface area contributed by atoms with Gasteiger partial charge in [0, 0.05) is 19.2 Å². The number of ether oxygens (including phenoxy) is 2. The summed E-state index contributed by atoms with van der Waals surface area (Å²) in [4.78, 5) is 28.3. The van der Waals surface area contributed by atoms with Gasteiger partial charge in [-0.25, -0.2) is 9.59 Å². The van der Waals surface area contributed by atoms with E-state index in [0.29, 0.717) is 10.2 Å². The molecule has 194 valence electrons. The van der Waals surface area contributed by atoms with Gasteiger partial charge in [0.05, 0.1) is 11.0 Å². The highest BCUT2D eigenvalue weighted by Crippen LogP contribution is 2.44. The number of carbonyl (C=O) groups excluding carboxylic acids is 1. The second kappa shape index (κ2) is 11.0. The van der Waals surface area contributed by atoms with Crippen molar-refractivity contribution in [1.29, 1.82) is 0 Å². The van der Waals surface area contributed by atoms with Crippen LogP contribution in [0.5, 0.6) is 11.5 Å². The molecule has 0 saturated heterocycles. The molecular weight excluding hydrogens is 552 g/mol. The number of amides is 1. The topological polar surface area (TPSA) is 115 Å². The molecule has 5 rings (SSSR count). The van der Waals surface area contributed by atoms with E-state index < -0.39 is 11.8 Å². The fourth-order valence-corrected chi connectivity index (χ4v) is 4.94. The van der Waals surface area contributed by atoms with Crippen LogP contribution in [0.2, 0.25) is 0 Å². The molecule has 3 N–H and O–H groups in total. The van der Waals surface area contributed by atoms with Crippen molar-refractivity contribution in [2.75, 3.05) is 25.1 Å². The predicted octanol–water partition coefficient (Wildman–Crippen LogP) is 4.91. The molecule has 0 atom stereocenters. The van der Waals surface area contributed by atoms with Crippen LogP contribution in [0.1, 0.15) is 17.0 Å². The summed E-state index contributed by atoms with van der Waals surface area (Å²) < 4.78 is 13.2. The summed E-state index contributed by atoms with van der Waals surface area (Å²) in [6.07, 6.45) is 1.02. The van der Waals surface area contributed by atoms with Gasteiger partial charge in [0.15, 0.2) is 5.82 Å². The van der Waals surface area contributed by atoms with Crippen molar-refractivity contribution in [2.24, 2.45) is 7.05 Å². The van der Waals surface area contributed by atoms with E-state index in [2.05, 4.69) is 55.8 Å². The largest absolute Gasteiger partial charge is 0.506 e. The summed E-state index contributed by atoms with van der Waals surface area (Å²) in [6.45, 7) is 0.521. The molecule has 0 saturated carbocycles. The standard InChI is InChI=1S/C28H25BrN4O5/c1-33-15-22(29)26(32-27(33)35)31-25-23(34)11-6-12-24(25)37-14-13-30-28(36)38-16-21-19-9-4-2-7-17(19)18-8-3-5-10-20(18)21/h2-12,15,21,34H,13-14,16H2,1H3,(H,30,36)(H,31,32,35). The molecule has 1 amide bonds. The number of aromatic nitrogens is 2. The molecular formula is C28H25BrN4O5. The van der Waals surface area contributed by atoms with E-state index in [4.69, 9.17) is 9.47 Å². The third-order valence-electron chi connectivity index (χ3n) is 6.26. The Hall–Kier alpha value is -4.31. The van der Waals surface area contributed by atoms with Crippen LogP contribution < -0.4 is 21.1 Å². The number of aromatic hydroxyl groups is 1. The number of rotatable bonds is 8. The Morgan fingerprint density at radius 2 is 1.74 bits per heavy atom. The summed E-state index contributed by atoms with van der Waals surface area (Å²) in [6, 6.07) is 21.1. The first kappa shape index (κ1) is 25.3. The Bertz CT molecular complexity index is 1510. The summed E-state index contributed by atoms with van der Waals surface area (Å²) in [7, 11) is 1.59. The number of fused-ring (bicyclic) bond motifs is 3. The number of aryl methyl sites for hydroxylation is 1. The van der Waals surface area contributed by atoms with Gasteiger partial charge in [-0.2, -0.15) is 4.98 Å². The van der Waals surface area contributed by atoms with Gasteiger partial charge in [-0.3, -0.25) is 0 Å². The van der Waals surface area contributed by atoms with Crippen molar-refractivity contribution in [3.05, 3.63) is 99.0 Å². The minimum Gasteiger partial charge on any atom is -0.506 e. The van der Waals surface area contributed by atoms with Gasteiger partial charge in [-0.1, -0.05) is 54.6 Å². The lowest BCUT2D eigenvalue weighted by Crippen LogP contribution is -2.30. The molecule has 38 heavy (non-hydrogen) atoms. The number of anilines is 2. The van der Waals surface area contributed by atoms with Crippen molar-refractivity contribution in [1.82, 2.24) is 14.9 Å². The molecule has 10 heteroatoms. The minimum absolute atomic E-state index is 0.0203. The van der Waals surface area contributed by atoms with Crippen LogP contribution in [0.3, 0.4) is 0 Å². The Morgan fingerprint density at radius 1 is 1.05 bits per heavy atom. The molecule has 0 spiro atoms. The fourth-order valence-electron chi connectivity index (χ4n) is 4.45. The molecule has 1 aliphatic carbocycles. The van der Waals surface area contributed by atoms with Crippen molar-refractivity contribution < 1.29 is 19.4 Å². The van der Waals surface area contributed by atoms with E-state index in [1.54, 1.807) is 25.4 Å². The van der Waals surface area contributed by atoms with Crippen molar-refractivity contribution in [2.45, 2.75) is 5.92 Å². The Kier molecular flexibility index (Phi) is 7.32. The zero-order valence-corrected chi connectivity index (χ0v) is 22.1. The lowest BCUT2D eigenvalue weighted by atomic mass is 9.98. The van der Waals surface area contributed by atoms with Gasteiger partial charge in [0.2, 0.25) is 0 Å². The van der Waals surface area contributed by atoms with Crippen molar-refractivity contribution >= 4 is 33.5 Å². The lowest BCUT2D eigenvalue weighted by Gasteiger charge is -2.16. The summed E-state index contributed by atoms with van der Waals surface area (Å²) in [5, 5.41) is 16.0. The maximum absolute atomic E-state index is 12.4. The molecule has 1 heterocycles. The maximum Gasteiger partial charge on any atom is 0.407 e. The van der Waals surface area contributed by atoms with Crippen LogP contribution in [0.4, 0.5) is 16.3 Å². The van der Waals surface area contributed by atoms with Crippen LogP contribution in [0.25, 0.3) is 11.1 Å². The average Bonchev–Trinajstić information content (AvgIpc) is 3.23. The normalized spacial score (nSPS) is 11.9. The number of halogens is 1. The molecule has 0 radical (unpaired) electrons. The van der Waals surface area contributed by atoms with Gasteiger partial charge >= 0.3 is 11.8 Å². The Balaban J connectivity index is 1.16. The third-order valence-corrected chi connectivity index (χ3v) is 6.84. The van der Waals surface area contributed by atoms with E-state index in [0.717, 1.165) is 11.1 Å². The number of nitrogens with one attached hydrogen (secondary N) is 2. The average molecular weight is 577 g/mol. The number of nitrogens with zero attached hydrogens (tertiary/aromatic N) is 2. The van der Waals surface area contributed by atoms with Gasteiger partial charge < -0.3 is 29.8 Å². The minimum atomic E-state index is -0.544. The zero-order valence-electron chi connectivity index (χ0n) is 20.5. The molecule has 0 fully saturated rings. The molecule has 1 aliphatic rings. The number of hydrogen-bond donors (Lipinski definition) is 3. The van der Waals surface area contributed by atoms with Crippen LogP contribution in [0, 0.1) is 0 Å².